The van der Waals surface area contributed by atoms with Crippen molar-refractivity contribution in [3.05, 3.63) is 23.9 Å². The molecular formula is C19H28F3N5O2. The van der Waals surface area contributed by atoms with E-state index in [4.69, 9.17) is 4.74 Å². The second kappa shape index (κ2) is 10.9. The van der Waals surface area contributed by atoms with Crippen LogP contribution >= 0.6 is 0 Å². The minimum absolute atomic E-state index is 0.0604. The molecule has 162 valence electrons. The number of nitrogens with zero attached hydrogens (tertiary/aromatic N) is 3. The maximum absolute atomic E-state index is 12.3. The van der Waals surface area contributed by atoms with Crippen LogP contribution in [0, 0.1) is 5.92 Å². The number of hydrogen-bond acceptors (Lipinski definition) is 4. The first-order valence-electron chi connectivity index (χ1n) is 9.69. The quantitative estimate of drug-likeness (QED) is 0.528. The summed E-state index contributed by atoms with van der Waals surface area (Å²) in [6.45, 7) is 3.19. The van der Waals surface area contributed by atoms with Gasteiger partial charge in [-0.1, -0.05) is 0 Å². The van der Waals surface area contributed by atoms with Crippen LogP contribution in [-0.2, 0) is 11.3 Å². The van der Waals surface area contributed by atoms with Gasteiger partial charge >= 0.3 is 6.18 Å². The lowest BCUT2D eigenvalue weighted by Gasteiger charge is -2.34. The van der Waals surface area contributed by atoms with Crippen LogP contribution in [0.15, 0.2) is 23.3 Å². The average molecular weight is 415 g/mol. The molecule has 0 saturated carbocycles. The first kappa shape index (κ1) is 22.8. The van der Waals surface area contributed by atoms with Gasteiger partial charge in [-0.15, -0.1) is 0 Å². The molecule has 1 aromatic rings. The van der Waals surface area contributed by atoms with E-state index in [1.807, 2.05) is 6.92 Å². The van der Waals surface area contributed by atoms with Gasteiger partial charge in [0, 0.05) is 45.4 Å². The molecule has 2 rings (SSSR count). The molecule has 1 fully saturated rings. The molecule has 0 bridgehead atoms. The Bertz CT molecular complexity index is 689. The number of amides is 1. The highest BCUT2D eigenvalue weighted by Crippen LogP contribution is 2.21. The van der Waals surface area contributed by atoms with Gasteiger partial charge in [0.25, 0.3) is 0 Å². The Morgan fingerprint density at radius 2 is 2.10 bits per heavy atom. The molecule has 2 heterocycles. The van der Waals surface area contributed by atoms with Crippen LogP contribution in [0.25, 0.3) is 0 Å². The number of pyridine rings is 1. The maximum atomic E-state index is 12.3. The molecule has 1 aromatic heterocycles. The van der Waals surface area contributed by atoms with Gasteiger partial charge in [-0.3, -0.25) is 4.79 Å². The maximum Gasteiger partial charge on any atom is 0.422 e. The van der Waals surface area contributed by atoms with Crippen molar-refractivity contribution in [3.63, 3.8) is 0 Å². The molecule has 1 amide bonds. The van der Waals surface area contributed by atoms with Gasteiger partial charge in [0.15, 0.2) is 12.6 Å². The number of aromatic nitrogens is 1. The van der Waals surface area contributed by atoms with Gasteiger partial charge in [-0.2, -0.15) is 13.2 Å². The van der Waals surface area contributed by atoms with Gasteiger partial charge in [0.2, 0.25) is 11.8 Å². The molecule has 1 aliphatic heterocycles. The Morgan fingerprint density at radius 3 is 2.72 bits per heavy atom. The summed E-state index contributed by atoms with van der Waals surface area (Å²) >= 11 is 0. The number of aliphatic imine (C=N–C) groups is 1. The Balaban J connectivity index is 1.95. The van der Waals surface area contributed by atoms with Gasteiger partial charge in [-0.05, 0) is 37.3 Å². The molecule has 0 atom stereocenters. The largest absolute Gasteiger partial charge is 0.468 e. The van der Waals surface area contributed by atoms with Crippen LogP contribution in [0.5, 0.6) is 5.88 Å². The van der Waals surface area contributed by atoms with E-state index >= 15 is 0 Å². The fraction of sp³-hybridized carbons (Fsp3) is 0.632. The van der Waals surface area contributed by atoms with Crippen molar-refractivity contribution in [2.75, 3.05) is 33.3 Å². The summed E-state index contributed by atoms with van der Waals surface area (Å²) < 4.78 is 41.6. The lowest BCUT2D eigenvalue weighted by atomic mass is 9.93. The van der Waals surface area contributed by atoms with Crippen LogP contribution in [0.4, 0.5) is 13.2 Å². The average Bonchev–Trinajstić information content (AvgIpc) is 2.70. The van der Waals surface area contributed by atoms with E-state index in [0.717, 1.165) is 31.9 Å². The molecule has 29 heavy (non-hydrogen) atoms. The second-order valence-electron chi connectivity index (χ2n) is 6.88. The summed E-state index contributed by atoms with van der Waals surface area (Å²) in [5.41, 5.74) is 0.710. The Hall–Kier alpha value is -2.52. The Kier molecular flexibility index (Phi) is 8.53. The minimum Gasteiger partial charge on any atom is -0.468 e. The van der Waals surface area contributed by atoms with Crippen molar-refractivity contribution in [2.24, 2.45) is 10.9 Å². The van der Waals surface area contributed by atoms with E-state index in [1.165, 1.54) is 12.3 Å². The minimum atomic E-state index is -4.40. The monoisotopic (exact) mass is 415 g/mol. The van der Waals surface area contributed by atoms with Gasteiger partial charge in [0.05, 0.1) is 6.54 Å². The Labute approximate surface area is 168 Å². The van der Waals surface area contributed by atoms with Crippen LogP contribution in [0.1, 0.15) is 31.7 Å². The number of piperidine rings is 1. The van der Waals surface area contributed by atoms with E-state index in [2.05, 4.69) is 25.5 Å². The zero-order valence-electron chi connectivity index (χ0n) is 16.8. The summed E-state index contributed by atoms with van der Waals surface area (Å²) in [7, 11) is 1.64. The topological polar surface area (TPSA) is 78.9 Å². The van der Waals surface area contributed by atoms with Gasteiger partial charge in [-0.25, -0.2) is 9.98 Å². The van der Waals surface area contributed by atoms with E-state index < -0.39 is 12.8 Å². The number of guanidine groups is 1. The predicted octanol–water partition coefficient (Wildman–Crippen LogP) is 2.34. The number of halogens is 3. The zero-order chi connectivity index (χ0) is 21.3. The van der Waals surface area contributed by atoms with Crippen LogP contribution in [0.2, 0.25) is 0 Å². The highest BCUT2D eigenvalue weighted by Gasteiger charge is 2.28. The highest BCUT2D eigenvalue weighted by atomic mass is 19.4. The fourth-order valence-corrected chi connectivity index (χ4v) is 3.09. The van der Waals surface area contributed by atoms with Gasteiger partial charge < -0.3 is 20.3 Å². The standard InChI is InChI=1S/C19H28F3N5O2/c1-3-24-18(27-8-5-14(6-9-27)10-16(28)23-2)26-12-15-4-7-25-17(11-15)29-13-19(20,21)22/h4,7,11,14H,3,5-6,8-10,12-13H2,1-2H3,(H,23,28)(H,24,26). The van der Waals surface area contributed by atoms with Crippen LogP contribution in [-0.4, -0.2) is 61.2 Å². The van der Waals surface area contributed by atoms with Crippen molar-refractivity contribution in [3.8, 4) is 5.88 Å². The molecular weight excluding hydrogens is 387 g/mol. The van der Waals surface area contributed by atoms with Crippen molar-refractivity contribution >= 4 is 11.9 Å². The molecule has 0 spiro atoms. The molecule has 0 aliphatic carbocycles. The number of ether oxygens (including phenoxy) is 1. The number of alkyl halides is 3. The fourth-order valence-electron chi connectivity index (χ4n) is 3.09. The number of likely N-dealkylation sites (tertiary alicyclic amines) is 1. The molecule has 0 radical (unpaired) electrons. The second-order valence-corrected chi connectivity index (χ2v) is 6.88. The van der Waals surface area contributed by atoms with Crippen molar-refractivity contribution in [1.29, 1.82) is 0 Å². The SMILES string of the molecule is CCNC(=NCc1ccnc(OCC(F)(F)F)c1)N1CCC(CC(=O)NC)CC1. The third kappa shape index (κ3) is 8.16. The third-order valence-corrected chi connectivity index (χ3v) is 4.60. The molecule has 0 unspecified atom stereocenters. The Morgan fingerprint density at radius 1 is 1.38 bits per heavy atom. The molecule has 1 aliphatic rings. The lowest BCUT2D eigenvalue weighted by Crippen LogP contribution is -2.46. The van der Waals surface area contributed by atoms with Crippen molar-refractivity contribution in [1.82, 2.24) is 20.5 Å². The highest BCUT2D eigenvalue weighted by molar-refractivity contribution is 5.80. The van der Waals surface area contributed by atoms with Crippen molar-refractivity contribution in [2.45, 2.75) is 38.9 Å². The molecule has 1 saturated heterocycles. The van der Waals surface area contributed by atoms with Crippen molar-refractivity contribution < 1.29 is 22.7 Å². The zero-order valence-corrected chi connectivity index (χ0v) is 16.8. The summed E-state index contributed by atoms with van der Waals surface area (Å²) in [5, 5.41) is 5.91. The molecule has 10 heteroatoms. The first-order valence-corrected chi connectivity index (χ1v) is 9.69. The lowest BCUT2D eigenvalue weighted by molar-refractivity contribution is -0.154. The van der Waals surface area contributed by atoms with E-state index in [1.54, 1.807) is 13.1 Å². The third-order valence-electron chi connectivity index (χ3n) is 4.60. The molecule has 7 nitrogen and oxygen atoms in total. The van der Waals surface area contributed by atoms with E-state index in [9.17, 15) is 18.0 Å². The predicted molar refractivity (Wildman–Crippen MR) is 104 cm³/mol. The summed E-state index contributed by atoms with van der Waals surface area (Å²) in [6, 6.07) is 3.16. The molecule has 0 aromatic carbocycles. The number of carbonyl (C=O) groups excluding carboxylic acids is 1. The smallest absolute Gasteiger partial charge is 0.422 e. The number of rotatable bonds is 7. The van der Waals surface area contributed by atoms with E-state index in [-0.39, 0.29) is 11.8 Å². The van der Waals surface area contributed by atoms with Crippen LogP contribution in [0.3, 0.4) is 0 Å². The van der Waals surface area contributed by atoms with E-state index in [0.29, 0.717) is 31.0 Å². The normalized spacial score (nSPS) is 15.9. The number of nitrogens with one attached hydrogen (secondary N) is 2. The summed E-state index contributed by atoms with van der Waals surface area (Å²) in [6.07, 6.45) is -0.646. The summed E-state index contributed by atoms with van der Waals surface area (Å²) in [4.78, 5) is 22.1. The molecule has 2 N–H and O–H groups in total. The number of hydrogen-bond donors (Lipinski definition) is 2. The number of carbonyl (C=O) groups is 1. The van der Waals surface area contributed by atoms with Crippen LogP contribution < -0.4 is 15.4 Å². The first-order chi connectivity index (χ1) is 13.8. The summed E-state index contributed by atoms with van der Waals surface area (Å²) in [5.74, 6) is 1.10. The van der Waals surface area contributed by atoms with Gasteiger partial charge in [0.1, 0.15) is 0 Å².